The normalized spacial score (nSPS) is 24.8. The molecule has 1 N–H and O–H groups in total. The zero-order chi connectivity index (χ0) is 14.6. The third-order valence-corrected chi connectivity index (χ3v) is 5.66. The van der Waals surface area contributed by atoms with E-state index in [4.69, 9.17) is 4.74 Å². The summed E-state index contributed by atoms with van der Waals surface area (Å²) >= 11 is 0. The van der Waals surface area contributed by atoms with E-state index in [1.807, 2.05) is 0 Å². The lowest BCUT2D eigenvalue weighted by atomic mass is 10.2. The molecule has 2 rings (SSSR count). The van der Waals surface area contributed by atoms with Gasteiger partial charge in [0.05, 0.1) is 24.7 Å². The van der Waals surface area contributed by atoms with Crippen LogP contribution in [0.25, 0.3) is 0 Å². The molecule has 0 aromatic carbocycles. The summed E-state index contributed by atoms with van der Waals surface area (Å²) in [4.78, 5) is 13.9. The molecule has 1 amide bonds. The summed E-state index contributed by atoms with van der Waals surface area (Å²) in [5.41, 5.74) is 0. The van der Waals surface area contributed by atoms with E-state index in [2.05, 4.69) is 5.32 Å². The van der Waals surface area contributed by atoms with E-state index in [-0.39, 0.29) is 30.0 Å². The van der Waals surface area contributed by atoms with Gasteiger partial charge in [0.25, 0.3) is 0 Å². The summed E-state index contributed by atoms with van der Waals surface area (Å²) in [6, 6.07) is -0.189. The fraction of sp³-hybridized carbons (Fsp3) is 0.923. The van der Waals surface area contributed by atoms with Crippen molar-refractivity contribution in [1.29, 1.82) is 0 Å². The predicted octanol–water partition coefficient (Wildman–Crippen LogP) is -0.352. The second kappa shape index (κ2) is 6.87. The fourth-order valence-corrected chi connectivity index (χ4v) is 4.26. The highest BCUT2D eigenvalue weighted by Crippen LogP contribution is 2.27. The largest absolute Gasteiger partial charge is 0.383 e. The number of amides is 1. The van der Waals surface area contributed by atoms with Crippen molar-refractivity contribution in [1.82, 2.24) is 10.2 Å². The lowest BCUT2D eigenvalue weighted by Gasteiger charge is -2.28. The van der Waals surface area contributed by atoms with Crippen LogP contribution in [0.15, 0.2) is 0 Å². The van der Waals surface area contributed by atoms with Crippen LogP contribution in [0.1, 0.15) is 19.3 Å². The van der Waals surface area contributed by atoms with Gasteiger partial charge in [-0.25, -0.2) is 8.42 Å². The Labute approximate surface area is 120 Å². The standard InChI is InChI=1S/C13H24N2O4S/c1-19-6-5-15(12-4-7-20(17,18)10-12)13(16)9-14-8-11-2-3-11/h11-12,14H,2-10H2,1H3. The Balaban J connectivity index is 1.86. The zero-order valence-electron chi connectivity index (χ0n) is 12.0. The SMILES string of the molecule is COCCN(C(=O)CNCC1CC1)C1CCS(=O)(=O)C1. The van der Waals surface area contributed by atoms with Crippen LogP contribution in [-0.4, -0.2) is 70.1 Å². The number of sulfone groups is 1. The summed E-state index contributed by atoms with van der Waals surface area (Å²) < 4.78 is 28.2. The summed E-state index contributed by atoms with van der Waals surface area (Å²) in [5.74, 6) is 0.974. The van der Waals surface area contributed by atoms with Gasteiger partial charge >= 0.3 is 0 Å². The van der Waals surface area contributed by atoms with Crippen molar-refractivity contribution in [3.05, 3.63) is 0 Å². The Bertz CT molecular complexity index is 434. The second-order valence-electron chi connectivity index (χ2n) is 5.71. The molecule has 20 heavy (non-hydrogen) atoms. The molecule has 0 radical (unpaired) electrons. The number of nitrogens with one attached hydrogen (secondary N) is 1. The lowest BCUT2D eigenvalue weighted by molar-refractivity contribution is -0.132. The molecule has 0 aromatic heterocycles. The minimum Gasteiger partial charge on any atom is -0.383 e. The van der Waals surface area contributed by atoms with Crippen LogP contribution in [-0.2, 0) is 19.4 Å². The topological polar surface area (TPSA) is 75.7 Å². The Morgan fingerprint density at radius 2 is 2.10 bits per heavy atom. The number of carbonyl (C=O) groups is 1. The van der Waals surface area contributed by atoms with Crippen molar-refractivity contribution in [2.45, 2.75) is 25.3 Å². The molecule has 1 aliphatic carbocycles. The average molecular weight is 304 g/mol. The van der Waals surface area contributed by atoms with Gasteiger partial charge in [-0.3, -0.25) is 4.79 Å². The van der Waals surface area contributed by atoms with Crippen LogP contribution in [0, 0.1) is 5.92 Å². The molecule has 1 aliphatic heterocycles. The quantitative estimate of drug-likeness (QED) is 0.663. The molecule has 2 aliphatic rings. The first-order valence-electron chi connectivity index (χ1n) is 7.21. The molecule has 1 saturated carbocycles. The number of carbonyl (C=O) groups excluding carboxylic acids is 1. The maximum absolute atomic E-state index is 12.3. The molecule has 7 heteroatoms. The van der Waals surface area contributed by atoms with Crippen LogP contribution >= 0.6 is 0 Å². The molecular weight excluding hydrogens is 280 g/mol. The molecule has 6 nitrogen and oxygen atoms in total. The van der Waals surface area contributed by atoms with Crippen molar-refractivity contribution < 1.29 is 17.9 Å². The second-order valence-corrected chi connectivity index (χ2v) is 7.94. The number of hydrogen-bond acceptors (Lipinski definition) is 5. The number of hydrogen-bond donors (Lipinski definition) is 1. The molecule has 116 valence electrons. The zero-order valence-corrected chi connectivity index (χ0v) is 12.8. The molecule has 2 fully saturated rings. The van der Waals surface area contributed by atoms with E-state index in [0.29, 0.717) is 19.6 Å². The maximum atomic E-state index is 12.3. The number of ether oxygens (including phenoxy) is 1. The van der Waals surface area contributed by atoms with Gasteiger partial charge in [0.2, 0.25) is 5.91 Å². The van der Waals surface area contributed by atoms with E-state index in [1.165, 1.54) is 12.8 Å². The molecule has 0 spiro atoms. The fourth-order valence-electron chi connectivity index (χ4n) is 2.53. The molecule has 0 bridgehead atoms. The molecule has 1 saturated heterocycles. The summed E-state index contributed by atoms with van der Waals surface area (Å²) in [6.45, 7) is 2.06. The lowest BCUT2D eigenvalue weighted by Crippen LogP contribution is -2.47. The third-order valence-electron chi connectivity index (χ3n) is 3.91. The van der Waals surface area contributed by atoms with Crippen molar-refractivity contribution in [2.24, 2.45) is 5.92 Å². The minimum atomic E-state index is -2.98. The highest BCUT2D eigenvalue weighted by molar-refractivity contribution is 7.91. The highest BCUT2D eigenvalue weighted by atomic mass is 32.2. The third kappa shape index (κ3) is 4.71. The van der Waals surface area contributed by atoms with Gasteiger partial charge < -0.3 is 15.0 Å². The Morgan fingerprint density at radius 1 is 1.35 bits per heavy atom. The molecule has 0 aromatic rings. The molecule has 1 atom stereocenters. The minimum absolute atomic E-state index is 0.0233. The van der Waals surface area contributed by atoms with Crippen LogP contribution in [0.5, 0.6) is 0 Å². The predicted molar refractivity (Wildman–Crippen MR) is 76.2 cm³/mol. The first kappa shape index (κ1) is 15.7. The van der Waals surface area contributed by atoms with Crippen LogP contribution in [0.2, 0.25) is 0 Å². The number of nitrogens with zero attached hydrogens (tertiary/aromatic N) is 1. The Morgan fingerprint density at radius 3 is 2.65 bits per heavy atom. The van der Waals surface area contributed by atoms with Gasteiger partial charge in [0.15, 0.2) is 9.84 Å². The van der Waals surface area contributed by atoms with Gasteiger partial charge in [0.1, 0.15) is 0 Å². The highest BCUT2D eigenvalue weighted by Gasteiger charge is 2.34. The van der Waals surface area contributed by atoms with Crippen LogP contribution < -0.4 is 5.32 Å². The first-order chi connectivity index (χ1) is 9.52. The maximum Gasteiger partial charge on any atom is 0.236 e. The van der Waals surface area contributed by atoms with Crippen molar-refractivity contribution in [2.75, 3.05) is 44.9 Å². The van der Waals surface area contributed by atoms with Crippen molar-refractivity contribution in [3.8, 4) is 0 Å². The average Bonchev–Trinajstić information content (AvgIpc) is 3.13. The van der Waals surface area contributed by atoms with E-state index in [0.717, 1.165) is 12.5 Å². The van der Waals surface area contributed by atoms with Crippen molar-refractivity contribution in [3.63, 3.8) is 0 Å². The summed E-state index contributed by atoms with van der Waals surface area (Å²) in [7, 11) is -1.40. The number of rotatable bonds is 8. The van der Waals surface area contributed by atoms with E-state index in [9.17, 15) is 13.2 Å². The van der Waals surface area contributed by atoms with Gasteiger partial charge in [0, 0.05) is 19.7 Å². The molecule has 1 heterocycles. The molecular formula is C13H24N2O4S. The number of methoxy groups -OCH3 is 1. The van der Waals surface area contributed by atoms with E-state index < -0.39 is 9.84 Å². The summed E-state index contributed by atoms with van der Waals surface area (Å²) in [6.07, 6.45) is 3.03. The van der Waals surface area contributed by atoms with Gasteiger partial charge in [-0.2, -0.15) is 0 Å². The monoisotopic (exact) mass is 304 g/mol. The van der Waals surface area contributed by atoms with Crippen molar-refractivity contribution >= 4 is 15.7 Å². The van der Waals surface area contributed by atoms with Gasteiger partial charge in [-0.05, 0) is 31.7 Å². The van der Waals surface area contributed by atoms with E-state index >= 15 is 0 Å². The smallest absolute Gasteiger partial charge is 0.236 e. The Hall–Kier alpha value is -0.660. The van der Waals surface area contributed by atoms with Gasteiger partial charge in [-0.1, -0.05) is 0 Å². The van der Waals surface area contributed by atoms with Crippen LogP contribution in [0.4, 0.5) is 0 Å². The molecule has 1 unspecified atom stereocenters. The summed E-state index contributed by atoms with van der Waals surface area (Å²) in [5, 5.41) is 3.17. The first-order valence-corrected chi connectivity index (χ1v) is 9.03. The van der Waals surface area contributed by atoms with Crippen LogP contribution in [0.3, 0.4) is 0 Å². The van der Waals surface area contributed by atoms with Gasteiger partial charge in [-0.15, -0.1) is 0 Å². The van der Waals surface area contributed by atoms with E-state index in [1.54, 1.807) is 12.0 Å². The Kier molecular flexibility index (Phi) is 5.40.